The molecule has 0 spiro atoms. The normalized spacial score (nSPS) is 28.8. The predicted molar refractivity (Wildman–Crippen MR) is 54.1 cm³/mol. The minimum Gasteiger partial charge on any atom is -0.322 e. The lowest BCUT2D eigenvalue weighted by molar-refractivity contribution is -0.953. The zero-order valence-corrected chi connectivity index (χ0v) is 8.97. The number of rotatable bonds is 3. The first kappa shape index (κ1) is 10.0. The van der Waals surface area contributed by atoms with Gasteiger partial charge in [-0.25, -0.2) is 0 Å². The van der Waals surface area contributed by atoms with Gasteiger partial charge in [-0.05, 0) is 39.5 Å². The summed E-state index contributed by atoms with van der Waals surface area (Å²) in [5.74, 6) is 0. The van der Waals surface area contributed by atoms with Crippen molar-refractivity contribution in [2.45, 2.75) is 52.5 Å². The van der Waals surface area contributed by atoms with Crippen LogP contribution in [0.1, 0.15) is 46.5 Å². The Kier molecular flexibility index (Phi) is 3.57. The van der Waals surface area contributed by atoms with Crippen molar-refractivity contribution in [2.75, 3.05) is 19.6 Å². The second-order valence-corrected chi connectivity index (χ2v) is 4.13. The third kappa shape index (κ3) is 1.66. The Morgan fingerprint density at radius 3 is 2.17 bits per heavy atom. The Morgan fingerprint density at radius 1 is 1.08 bits per heavy atom. The zero-order valence-electron chi connectivity index (χ0n) is 8.97. The fraction of sp³-hybridized carbons (Fsp3) is 1.00. The maximum absolute atomic E-state index is 2.36. The van der Waals surface area contributed by atoms with Gasteiger partial charge < -0.3 is 4.48 Å². The highest BCUT2D eigenvalue weighted by Crippen LogP contribution is 2.27. The van der Waals surface area contributed by atoms with Crippen molar-refractivity contribution in [2.24, 2.45) is 0 Å². The van der Waals surface area contributed by atoms with Crippen LogP contribution in [0.25, 0.3) is 0 Å². The number of piperidine rings is 1. The van der Waals surface area contributed by atoms with Crippen LogP contribution in [0.4, 0.5) is 0 Å². The molecule has 0 amide bonds. The monoisotopic (exact) mass is 170 g/mol. The van der Waals surface area contributed by atoms with Crippen LogP contribution in [0.5, 0.6) is 0 Å². The molecule has 1 rings (SSSR count). The molecular formula is C11H24N+. The van der Waals surface area contributed by atoms with Crippen molar-refractivity contribution in [3.63, 3.8) is 0 Å². The molecule has 0 aromatic rings. The number of hydrogen-bond donors (Lipinski definition) is 0. The van der Waals surface area contributed by atoms with Gasteiger partial charge in [0.1, 0.15) is 0 Å². The van der Waals surface area contributed by atoms with Crippen LogP contribution < -0.4 is 0 Å². The molecule has 1 saturated heterocycles. The van der Waals surface area contributed by atoms with Crippen LogP contribution >= 0.6 is 0 Å². The summed E-state index contributed by atoms with van der Waals surface area (Å²) in [5.41, 5.74) is 0. The minimum absolute atomic E-state index is 0.966. The highest BCUT2D eigenvalue weighted by Gasteiger charge is 2.34. The molecule has 1 aliphatic heterocycles. The SMILES string of the molecule is CC[C@@H]1CCCC[N+]1(CC)CC. The lowest BCUT2D eigenvalue weighted by atomic mass is 9.96. The summed E-state index contributed by atoms with van der Waals surface area (Å²) in [6, 6.07) is 0.966. The highest BCUT2D eigenvalue weighted by molar-refractivity contribution is 4.64. The Bertz CT molecular complexity index is 127. The lowest BCUT2D eigenvalue weighted by Gasteiger charge is -2.46. The van der Waals surface area contributed by atoms with Gasteiger partial charge in [0.25, 0.3) is 0 Å². The van der Waals surface area contributed by atoms with Crippen molar-refractivity contribution >= 4 is 0 Å². The van der Waals surface area contributed by atoms with Crippen molar-refractivity contribution in [3.8, 4) is 0 Å². The molecule has 0 bridgehead atoms. The number of nitrogens with zero attached hydrogens (tertiary/aromatic N) is 1. The van der Waals surface area contributed by atoms with E-state index in [1.165, 1.54) is 49.8 Å². The van der Waals surface area contributed by atoms with Gasteiger partial charge in [-0.3, -0.25) is 0 Å². The standard InChI is InChI=1S/C11H24N/c1-4-11-9-7-8-10-12(11,5-2)6-3/h11H,4-10H2,1-3H3/q+1/t11-/m1/s1. The van der Waals surface area contributed by atoms with Crippen molar-refractivity contribution in [1.29, 1.82) is 0 Å². The van der Waals surface area contributed by atoms with Gasteiger partial charge >= 0.3 is 0 Å². The Labute approximate surface area is 77.4 Å². The minimum atomic E-state index is 0.966. The average molecular weight is 170 g/mol. The van der Waals surface area contributed by atoms with E-state index in [2.05, 4.69) is 20.8 Å². The van der Waals surface area contributed by atoms with Crippen LogP contribution in [0, 0.1) is 0 Å². The fourth-order valence-electron chi connectivity index (χ4n) is 2.91. The molecule has 1 atom stereocenters. The summed E-state index contributed by atoms with van der Waals surface area (Å²) >= 11 is 0. The van der Waals surface area contributed by atoms with Gasteiger partial charge in [0, 0.05) is 0 Å². The van der Waals surface area contributed by atoms with Gasteiger partial charge in [-0.15, -0.1) is 0 Å². The van der Waals surface area contributed by atoms with Gasteiger partial charge in [0.05, 0.1) is 25.7 Å². The molecule has 1 aliphatic rings. The Hall–Kier alpha value is -0.0400. The van der Waals surface area contributed by atoms with Crippen LogP contribution in [-0.2, 0) is 0 Å². The number of hydrogen-bond acceptors (Lipinski definition) is 0. The molecule has 1 heteroatoms. The molecule has 1 heterocycles. The summed E-state index contributed by atoms with van der Waals surface area (Å²) in [4.78, 5) is 0. The predicted octanol–water partition coefficient (Wildman–Crippen LogP) is 2.81. The van der Waals surface area contributed by atoms with E-state index in [1.807, 2.05) is 0 Å². The summed E-state index contributed by atoms with van der Waals surface area (Å²) in [6.07, 6.45) is 5.77. The van der Waals surface area contributed by atoms with E-state index in [0.29, 0.717) is 0 Å². The van der Waals surface area contributed by atoms with Crippen LogP contribution in [0.15, 0.2) is 0 Å². The van der Waals surface area contributed by atoms with E-state index in [4.69, 9.17) is 0 Å². The fourth-order valence-corrected chi connectivity index (χ4v) is 2.91. The molecule has 12 heavy (non-hydrogen) atoms. The molecule has 0 saturated carbocycles. The summed E-state index contributed by atoms with van der Waals surface area (Å²) in [6.45, 7) is 11.2. The summed E-state index contributed by atoms with van der Waals surface area (Å²) < 4.78 is 1.40. The van der Waals surface area contributed by atoms with Crippen LogP contribution in [0.3, 0.4) is 0 Å². The van der Waals surface area contributed by atoms with Gasteiger partial charge in [-0.1, -0.05) is 6.92 Å². The quantitative estimate of drug-likeness (QED) is 0.571. The van der Waals surface area contributed by atoms with E-state index in [9.17, 15) is 0 Å². The first-order valence-corrected chi connectivity index (χ1v) is 5.64. The van der Waals surface area contributed by atoms with Crippen LogP contribution in [0.2, 0.25) is 0 Å². The van der Waals surface area contributed by atoms with E-state index in [0.717, 1.165) is 6.04 Å². The molecule has 0 unspecified atom stereocenters. The summed E-state index contributed by atoms with van der Waals surface area (Å²) in [7, 11) is 0. The first-order valence-electron chi connectivity index (χ1n) is 5.64. The van der Waals surface area contributed by atoms with Gasteiger partial charge in [0.15, 0.2) is 0 Å². The van der Waals surface area contributed by atoms with Crippen molar-refractivity contribution in [3.05, 3.63) is 0 Å². The number of quaternary nitrogens is 1. The second-order valence-electron chi connectivity index (χ2n) is 4.13. The van der Waals surface area contributed by atoms with E-state index in [-0.39, 0.29) is 0 Å². The third-order valence-electron chi connectivity index (χ3n) is 3.90. The molecule has 0 aliphatic carbocycles. The molecule has 1 fully saturated rings. The molecule has 72 valence electrons. The van der Waals surface area contributed by atoms with E-state index < -0.39 is 0 Å². The van der Waals surface area contributed by atoms with Crippen molar-refractivity contribution < 1.29 is 4.48 Å². The van der Waals surface area contributed by atoms with E-state index in [1.54, 1.807) is 0 Å². The molecule has 1 nitrogen and oxygen atoms in total. The topological polar surface area (TPSA) is 0 Å². The Balaban J connectivity index is 2.66. The maximum Gasteiger partial charge on any atom is 0.0887 e. The summed E-state index contributed by atoms with van der Waals surface area (Å²) in [5, 5.41) is 0. The molecular weight excluding hydrogens is 146 g/mol. The molecule has 0 aromatic carbocycles. The zero-order chi connectivity index (χ0) is 9.03. The molecule has 0 radical (unpaired) electrons. The van der Waals surface area contributed by atoms with Crippen LogP contribution in [-0.4, -0.2) is 30.2 Å². The lowest BCUT2D eigenvalue weighted by Crippen LogP contribution is -2.57. The first-order chi connectivity index (χ1) is 5.79. The van der Waals surface area contributed by atoms with Crippen molar-refractivity contribution in [1.82, 2.24) is 0 Å². The third-order valence-corrected chi connectivity index (χ3v) is 3.90. The van der Waals surface area contributed by atoms with E-state index >= 15 is 0 Å². The van der Waals surface area contributed by atoms with Gasteiger partial charge in [-0.2, -0.15) is 0 Å². The van der Waals surface area contributed by atoms with Gasteiger partial charge in [0.2, 0.25) is 0 Å². The maximum atomic E-state index is 2.36. The average Bonchev–Trinajstić information content (AvgIpc) is 2.17. The smallest absolute Gasteiger partial charge is 0.0887 e. The largest absolute Gasteiger partial charge is 0.322 e. The molecule has 0 aromatic heterocycles. The highest BCUT2D eigenvalue weighted by atomic mass is 15.4. The Morgan fingerprint density at radius 2 is 1.75 bits per heavy atom. The number of likely N-dealkylation sites (tertiary alicyclic amines) is 1. The second kappa shape index (κ2) is 4.27. The molecule has 0 N–H and O–H groups in total.